The molecular formula is C19H25N5. The van der Waals surface area contributed by atoms with Crippen LogP contribution in [0.2, 0.25) is 0 Å². The Kier molecular flexibility index (Phi) is 5.01. The van der Waals surface area contributed by atoms with Crippen LogP contribution in [0.1, 0.15) is 24.0 Å². The summed E-state index contributed by atoms with van der Waals surface area (Å²) < 4.78 is 0. The molecule has 1 heterocycles. The van der Waals surface area contributed by atoms with Crippen LogP contribution in [0.25, 0.3) is 0 Å². The lowest BCUT2D eigenvalue weighted by Crippen LogP contribution is -2.41. The molecule has 5 heteroatoms. The van der Waals surface area contributed by atoms with E-state index in [1.165, 1.54) is 12.0 Å². The van der Waals surface area contributed by atoms with Crippen LogP contribution in [0, 0.1) is 5.41 Å². The van der Waals surface area contributed by atoms with Gasteiger partial charge in [0.25, 0.3) is 0 Å². The maximum atomic E-state index is 7.61. The molecule has 1 atom stereocenters. The fraction of sp³-hybridized carbons (Fsp3) is 0.316. The van der Waals surface area contributed by atoms with Crippen molar-refractivity contribution in [2.45, 2.75) is 25.4 Å². The van der Waals surface area contributed by atoms with E-state index in [1.54, 1.807) is 0 Å². The zero-order valence-electron chi connectivity index (χ0n) is 13.8. The number of likely N-dealkylation sites (tertiary alicyclic amines) is 1. The van der Waals surface area contributed by atoms with Crippen molar-refractivity contribution in [2.75, 3.05) is 24.1 Å². The number of nitrogens with one attached hydrogen (secondary N) is 2. The van der Waals surface area contributed by atoms with Crippen LogP contribution in [0.4, 0.5) is 11.4 Å². The average Bonchev–Trinajstić information content (AvgIpc) is 2.58. The molecule has 1 saturated heterocycles. The van der Waals surface area contributed by atoms with Crippen molar-refractivity contribution in [3.05, 3.63) is 59.7 Å². The summed E-state index contributed by atoms with van der Waals surface area (Å²) in [6.45, 7) is 3.13. The van der Waals surface area contributed by atoms with Crippen LogP contribution in [0.15, 0.2) is 48.5 Å². The molecule has 0 spiro atoms. The summed E-state index contributed by atoms with van der Waals surface area (Å²) >= 11 is 0. The molecule has 5 nitrogen and oxygen atoms in total. The first-order valence-electron chi connectivity index (χ1n) is 8.38. The molecule has 0 bridgehead atoms. The van der Waals surface area contributed by atoms with Gasteiger partial charge in [-0.1, -0.05) is 30.3 Å². The molecule has 1 unspecified atom stereocenters. The molecule has 2 aromatic carbocycles. The fourth-order valence-corrected chi connectivity index (χ4v) is 3.27. The van der Waals surface area contributed by atoms with Crippen LogP contribution >= 0.6 is 0 Å². The van der Waals surface area contributed by atoms with Crippen molar-refractivity contribution in [1.82, 2.24) is 4.90 Å². The van der Waals surface area contributed by atoms with Gasteiger partial charge in [-0.15, -0.1) is 0 Å². The number of nitrogens with zero attached hydrogens (tertiary/aromatic N) is 1. The van der Waals surface area contributed by atoms with Gasteiger partial charge in [0.05, 0.1) is 0 Å². The number of rotatable bonds is 5. The van der Waals surface area contributed by atoms with E-state index in [1.807, 2.05) is 18.2 Å². The number of amidine groups is 1. The Hall–Kier alpha value is -2.53. The van der Waals surface area contributed by atoms with E-state index < -0.39 is 0 Å². The molecule has 0 amide bonds. The minimum absolute atomic E-state index is 0.00509. The Labute approximate surface area is 143 Å². The van der Waals surface area contributed by atoms with Gasteiger partial charge in [0.2, 0.25) is 0 Å². The summed E-state index contributed by atoms with van der Waals surface area (Å²) in [5.74, 6) is 0.00509. The summed E-state index contributed by atoms with van der Waals surface area (Å²) in [5.41, 5.74) is 14.9. The Balaban J connectivity index is 1.63. The second kappa shape index (κ2) is 7.36. The molecule has 24 heavy (non-hydrogen) atoms. The van der Waals surface area contributed by atoms with Crippen molar-refractivity contribution in [3.8, 4) is 0 Å². The van der Waals surface area contributed by atoms with Crippen molar-refractivity contribution >= 4 is 17.2 Å². The lowest BCUT2D eigenvalue weighted by atomic mass is 10.0. The van der Waals surface area contributed by atoms with Crippen LogP contribution in [0.3, 0.4) is 0 Å². The third kappa shape index (κ3) is 4.06. The number of anilines is 2. The first-order valence-corrected chi connectivity index (χ1v) is 8.38. The van der Waals surface area contributed by atoms with E-state index in [0.29, 0.717) is 17.3 Å². The zero-order valence-corrected chi connectivity index (χ0v) is 13.8. The van der Waals surface area contributed by atoms with Gasteiger partial charge in [-0.05, 0) is 43.1 Å². The van der Waals surface area contributed by atoms with Crippen LogP contribution in [0.5, 0.6) is 0 Å². The number of piperidine rings is 1. The van der Waals surface area contributed by atoms with Gasteiger partial charge in [0.1, 0.15) is 5.84 Å². The molecule has 6 N–H and O–H groups in total. The summed E-state index contributed by atoms with van der Waals surface area (Å²) in [7, 11) is 0. The van der Waals surface area contributed by atoms with Gasteiger partial charge in [0, 0.05) is 36.1 Å². The highest BCUT2D eigenvalue weighted by atomic mass is 15.2. The lowest BCUT2D eigenvalue weighted by molar-refractivity contribution is 0.208. The Bertz CT molecular complexity index is 698. The minimum atomic E-state index is 0.00509. The average molecular weight is 323 g/mol. The highest BCUT2D eigenvalue weighted by molar-refractivity contribution is 6.00. The van der Waals surface area contributed by atoms with E-state index in [2.05, 4.69) is 40.5 Å². The first kappa shape index (κ1) is 16.3. The smallest absolute Gasteiger partial charge is 0.124 e. The zero-order chi connectivity index (χ0) is 16.9. The van der Waals surface area contributed by atoms with E-state index in [0.717, 1.165) is 31.7 Å². The van der Waals surface area contributed by atoms with E-state index >= 15 is 0 Å². The maximum Gasteiger partial charge on any atom is 0.124 e. The van der Waals surface area contributed by atoms with Crippen LogP contribution < -0.4 is 16.8 Å². The molecular weight excluding hydrogens is 298 g/mol. The number of hydrogen-bond acceptors (Lipinski definition) is 4. The van der Waals surface area contributed by atoms with Crippen molar-refractivity contribution in [1.29, 1.82) is 5.41 Å². The molecule has 3 rings (SSSR count). The van der Waals surface area contributed by atoms with Gasteiger partial charge in [-0.2, -0.15) is 0 Å². The third-order valence-electron chi connectivity index (χ3n) is 4.47. The number of nitrogens with two attached hydrogens (primary N) is 2. The third-order valence-corrected chi connectivity index (χ3v) is 4.47. The monoisotopic (exact) mass is 323 g/mol. The number of hydrogen-bond donors (Lipinski definition) is 4. The molecule has 0 aromatic heterocycles. The van der Waals surface area contributed by atoms with Gasteiger partial charge >= 0.3 is 0 Å². The summed E-state index contributed by atoms with van der Waals surface area (Å²) in [5, 5.41) is 11.2. The SMILES string of the molecule is N=C(N)c1cc(NC2CCCN(Cc3ccccc3)C2)ccc1N. The predicted octanol–water partition coefficient (Wildman–Crippen LogP) is 2.63. The second-order valence-corrected chi connectivity index (χ2v) is 6.42. The molecule has 0 radical (unpaired) electrons. The molecule has 0 aliphatic carbocycles. The lowest BCUT2D eigenvalue weighted by Gasteiger charge is -2.33. The highest BCUT2D eigenvalue weighted by Gasteiger charge is 2.20. The second-order valence-electron chi connectivity index (χ2n) is 6.42. The normalized spacial score (nSPS) is 18.2. The topological polar surface area (TPSA) is 91.2 Å². The molecule has 1 aliphatic heterocycles. The van der Waals surface area contributed by atoms with E-state index in [9.17, 15) is 0 Å². The maximum absolute atomic E-state index is 7.61. The molecule has 2 aromatic rings. The van der Waals surface area contributed by atoms with Gasteiger partial charge in [-0.3, -0.25) is 10.3 Å². The Morgan fingerprint density at radius 1 is 1.21 bits per heavy atom. The summed E-state index contributed by atoms with van der Waals surface area (Å²) in [6, 6.07) is 16.6. The highest BCUT2D eigenvalue weighted by Crippen LogP contribution is 2.21. The van der Waals surface area contributed by atoms with Crippen molar-refractivity contribution < 1.29 is 0 Å². The van der Waals surface area contributed by atoms with Crippen LogP contribution in [-0.4, -0.2) is 29.9 Å². The summed E-state index contributed by atoms with van der Waals surface area (Å²) in [4.78, 5) is 2.49. The van der Waals surface area contributed by atoms with Crippen LogP contribution in [-0.2, 0) is 6.54 Å². The Morgan fingerprint density at radius 2 is 2.00 bits per heavy atom. The van der Waals surface area contributed by atoms with Gasteiger partial charge in [0.15, 0.2) is 0 Å². The quantitative estimate of drug-likeness (QED) is 0.387. The first-order chi connectivity index (χ1) is 11.6. The molecule has 0 saturated carbocycles. The summed E-state index contributed by atoms with van der Waals surface area (Å²) in [6.07, 6.45) is 2.32. The molecule has 1 fully saturated rings. The minimum Gasteiger partial charge on any atom is -0.398 e. The number of nitrogen functional groups attached to an aromatic ring is 2. The molecule has 126 valence electrons. The van der Waals surface area contributed by atoms with Gasteiger partial charge < -0.3 is 16.8 Å². The van der Waals surface area contributed by atoms with E-state index in [-0.39, 0.29) is 5.84 Å². The van der Waals surface area contributed by atoms with E-state index in [4.69, 9.17) is 16.9 Å². The standard InChI is InChI=1S/C19H25N5/c20-18-9-8-15(11-17(18)19(21)22)23-16-7-4-10-24(13-16)12-14-5-2-1-3-6-14/h1-3,5-6,8-9,11,16,23H,4,7,10,12-13,20H2,(H3,21,22). The van der Waals surface area contributed by atoms with Crippen molar-refractivity contribution in [2.24, 2.45) is 5.73 Å². The van der Waals surface area contributed by atoms with Crippen molar-refractivity contribution in [3.63, 3.8) is 0 Å². The van der Waals surface area contributed by atoms with Gasteiger partial charge in [-0.25, -0.2) is 0 Å². The predicted molar refractivity (Wildman–Crippen MR) is 100 cm³/mol. The number of benzene rings is 2. The fourth-order valence-electron chi connectivity index (χ4n) is 3.27. The molecule has 1 aliphatic rings. The Morgan fingerprint density at radius 3 is 2.75 bits per heavy atom. The largest absolute Gasteiger partial charge is 0.398 e.